The Morgan fingerprint density at radius 3 is 0.316 bits per heavy atom. The number of carboxylic acid groups (broad SMARTS) is 12. The van der Waals surface area contributed by atoms with Gasteiger partial charge in [-0.1, -0.05) is 72.8 Å². The summed E-state index contributed by atoms with van der Waals surface area (Å²) >= 11 is 0. The van der Waals surface area contributed by atoms with Gasteiger partial charge in [0.15, 0.2) is 0 Å². The van der Waals surface area contributed by atoms with Crippen molar-refractivity contribution in [2.45, 2.75) is 0 Å². The Bertz CT molecular complexity index is 2860. The van der Waals surface area contributed by atoms with Gasteiger partial charge in [0.1, 0.15) is 0 Å². The fourth-order valence-electron chi connectivity index (χ4n) is 5.25. The molecule has 6 aromatic rings. The first kappa shape index (κ1) is 146. The Balaban J connectivity index is -0.0000000398. The van der Waals surface area contributed by atoms with Crippen molar-refractivity contribution in [1.29, 1.82) is 0 Å². The number of nitrogens with two attached hydrogens (primary N) is 6. The SMILES string of the molecule is Nc1cc(C(=O)[O-])ccc1C(=O)[O-].Nc1cc(C(=O)[O-])ccc1C(=O)[O-].Nc1cc(C(=O)[O-])ccc1C(=O)[O-].Nc1cc(C(=O)[O-])ccc1C(=O)[O-].Nc1cc(C(=O)[O-])ccc1C(=O)[O-].Nc1cc(C(=O)[O-])ccc1C(=O)[O-].[O-2].[O-2].[O-2].[O-2].[O-2].[O-2].[O-2].[O-2].[OH-].[OH-].[OH-].[OH-].[Ti+4].[Ti+4].[Ti+4].[Ti+4].[Ti+4].[Ti+4].[Ti+4].[Ti+4]. The van der Waals surface area contributed by atoms with Crippen molar-refractivity contribution in [3.05, 3.63) is 176 Å². The molecule has 0 aromatic heterocycles. The van der Waals surface area contributed by atoms with Crippen LogP contribution in [0.2, 0.25) is 0 Å². The van der Waals surface area contributed by atoms with Crippen LogP contribution in [0.25, 0.3) is 0 Å². The number of carbonyl (C=O) groups excluding carboxylic acids is 12. The molecular formula is C48H34N6O36Ti8. The van der Waals surface area contributed by atoms with Crippen LogP contribution in [0.1, 0.15) is 124 Å². The van der Waals surface area contributed by atoms with Gasteiger partial charge in [-0.2, -0.15) is 0 Å². The molecule has 98 heavy (non-hydrogen) atoms. The molecule has 0 bridgehead atoms. The van der Waals surface area contributed by atoms with E-state index in [0.29, 0.717) is 0 Å². The van der Waals surface area contributed by atoms with Crippen LogP contribution >= 0.6 is 0 Å². The second-order valence-corrected chi connectivity index (χ2v) is 14.3. The number of carbonyl (C=O) groups is 12. The van der Waals surface area contributed by atoms with Gasteiger partial charge in [0.05, 0.1) is 71.6 Å². The summed E-state index contributed by atoms with van der Waals surface area (Å²) in [5.41, 5.74) is 28.2. The Kier molecular flexibility index (Phi) is 104. The summed E-state index contributed by atoms with van der Waals surface area (Å²) in [6.45, 7) is 0. The molecule has 6 aromatic carbocycles. The summed E-state index contributed by atoms with van der Waals surface area (Å²) in [5.74, 6) is -17.1. The van der Waals surface area contributed by atoms with E-state index in [1.165, 1.54) is 0 Å². The summed E-state index contributed by atoms with van der Waals surface area (Å²) in [6, 6.07) is 19.0. The van der Waals surface area contributed by atoms with Crippen LogP contribution in [-0.4, -0.2) is 93.5 Å². The van der Waals surface area contributed by atoms with E-state index < -0.39 is 71.6 Å². The van der Waals surface area contributed by atoms with E-state index in [1.807, 2.05) is 0 Å². The molecule has 0 radical (unpaired) electrons. The van der Waals surface area contributed by atoms with E-state index in [4.69, 9.17) is 34.4 Å². The average molecular weight is 1650 g/mol. The maximum absolute atomic E-state index is 10.3. The second kappa shape index (κ2) is 69.9. The minimum Gasteiger partial charge on any atom is -2.00 e. The summed E-state index contributed by atoms with van der Waals surface area (Å²) < 4.78 is 0. The Morgan fingerprint density at radius 1 is 0.184 bits per heavy atom. The third-order valence-corrected chi connectivity index (χ3v) is 9.04. The van der Waals surface area contributed by atoms with Crippen LogP contribution in [-0.2, 0) is 218 Å². The molecular weight excluding hydrogens is 1620 g/mol. The zero-order valence-corrected chi connectivity index (χ0v) is 60.2. The molecule has 0 aliphatic heterocycles. The molecule has 42 nitrogen and oxygen atoms in total. The minimum atomic E-state index is -1.44. The maximum Gasteiger partial charge on any atom is 4.00 e. The minimum absolute atomic E-state index is 0. The summed E-state index contributed by atoms with van der Waals surface area (Å²) in [7, 11) is 0. The van der Waals surface area contributed by atoms with Crippen molar-refractivity contribution >= 4 is 106 Å². The van der Waals surface area contributed by atoms with Crippen molar-refractivity contribution in [3.63, 3.8) is 0 Å². The monoisotopic (exact) mass is 1650 g/mol. The van der Waals surface area contributed by atoms with E-state index in [1.54, 1.807) is 0 Å². The van der Waals surface area contributed by atoms with E-state index in [0.717, 1.165) is 109 Å². The number of nitrogen functional groups attached to an aromatic ring is 6. The summed E-state index contributed by atoms with van der Waals surface area (Å²) in [5, 5.41) is 124. The van der Waals surface area contributed by atoms with E-state index in [2.05, 4.69) is 0 Å². The summed E-state index contributed by atoms with van der Waals surface area (Å²) in [6.07, 6.45) is 0. The number of carboxylic acids is 12. The molecule has 504 valence electrons. The molecule has 0 aliphatic rings. The van der Waals surface area contributed by atoms with E-state index >= 15 is 0 Å². The van der Waals surface area contributed by atoms with Crippen LogP contribution < -0.4 is 95.7 Å². The zero-order valence-electron chi connectivity index (χ0n) is 47.7. The predicted molar refractivity (Wildman–Crippen MR) is 250 cm³/mol. The molecule has 0 saturated heterocycles. The standard InChI is InChI=1S/6C8H7NO4.4H2O.8O.8Ti/c6*9-6-3-4(7(10)11)1-2-5(6)8(12)13;;;;;;;;;;;;;;;;;;;;/h6*1-3H,9H2,(H,10,11)(H,12,13);4*1H2;;;;;;;;;;;;;;;;/q;;;;;;;;;;8*-2;8*+4/p-16. The molecule has 50 heteroatoms. The summed E-state index contributed by atoms with van der Waals surface area (Å²) in [4.78, 5) is 124. The van der Waals surface area contributed by atoms with Gasteiger partial charge in [-0.05, 0) is 69.8 Å². The van der Waals surface area contributed by atoms with E-state index in [9.17, 15) is 119 Å². The first-order valence-corrected chi connectivity index (χ1v) is 20.1. The molecule has 16 N–H and O–H groups in total. The first-order valence-electron chi connectivity index (χ1n) is 20.1. The molecule has 0 amide bonds. The third-order valence-electron chi connectivity index (χ3n) is 9.04. The van der Waals surface area contributed by atoms with Gasteiger partial charge in [-0.3, -0.25) is 0 Å². The molecule has 0 heterocycles. The van der Waals surface area contributed by atoms with Gasteiger partial charge in [-0.25, -0.2) is 0 Å². The fraction of sp³-hybridized carbons (Fsp3) is 0. The van der Waals surface area contributed by atoms with Gasteiger partial charge < -0.3 is 219 Å². The Hall–Kier alpha value is -7.01. The number of rotatable bonds is 12. The molecule has 0 aliphatic carbocycles. The van der Waals surface area contributed by atoms with Crippen molar-refractivity contribution in [2.75, 3.05) is 34.4 Å². The number of hydrogen-bond donors (Lipinski definition) is 6. The smallest absolute Gasteiger partial charge is 2.00 e. The van der Waals surface area contributed by atoms with Gasteiger partial charge in [0.2, 0.25) is 0 Å². The van der Waals surface area contributed by atoms with Crippen LogP contribution in [0.3, 0.4) is 0 Å². The molecule has 0 unspecified atom stereocenters. The Morgan fingerprint density at radius 2 is 0.265 bits per heavy atom. The van der Waals surface area contributed by atoms with Gasteiger partial charge >= 0.3 is 174 Å². The predicted octanol–water partition coefficient (Wildman–Crippen LogP) is -13.7. The second-order valence-electron chi connectivity index (χ2n) is 14.3. The molecule has 6 rings (SSSR count). The van der Waals surface area contributed by atoms with Crippen molar-refractivity contribution < 1.29 is 358 Å². The van der Waals surface area contributed by atoms with E-state index in [-0.39, 0.29) is 340 Å². The zero-order chi connectivity index (χ0) is 60.0. The largest absolute Gasteiger partial charge is 4.00 e. The van der Waals surface area contributed by atoms with Crippen molar-refractivity contribution in [2.24, 2.45) is 0 Å². The van der Waals surface area contributed by atoms with Gasteiger partial charge in [0, 0.05) is 67.5 Å². The number of aromatic carboxylic acids is 12. The molecule has 0 saturated carbocycles. The van der Waals surface area contributed by atoms with Crippen LogP contribution in [0.15, 0.2) is 109 Å². The molecule has 0 spiro atoms. The van der Waals surface area contributed by atoms with Crippen LogP contribution in [0.5, 0.6) is 0 Å². The quantitative estimate of drug-likeness (QED) is 0.0489. The van der Waals surface area contributed by atoms with Crippen LogP contribution in [0, 0.1) is 0 Å². The van der Waals surface area contributed by atoms with Crippen molar-refractivity contribution in [1.82, 2.24) is 0 Å². The molecule has 0 atom stereocenters. The third kappa shape index (κ3) is 48.7. The van der Waals surface area contributed by atoms with Gasteiger partial charge in [0.25, 0.3) is 0 Å². The average Bonchev–Trinajstić information content (AvgIpc) is 3.34. The van der Waals surface area contributed by atoms with Crippen molar-refractivity contribution in [3.8, 4) is 0 Å². The molecule has 0 fully saturated rings. The number of hydrogen-bond acceptors (Lipinski definition) is 34. The number of benzene rings is 6. The fourth-order valence-corrected chi connectivity index (χ4v) is 5.25. The number of anilines is 6. The first-order chi connectivity index (χ1) is 36.1. The maximum atomic E-state index is 10.3. The van der Waals surface area contributed by atoms with Crippen LogP contribution in [0.4, 0.5) is 34.1 Å². The topological polar surface area (TPSA) is 986 Å². The Labute approximate surface area is 667 Å². The normalized spacial score (nSPS) is 7.59. The van der Waals surface area contributed by atoms with Gasteiger partial charge in [-0.15, -0.1) is 0 Å².